The Labute approximate surface area is 238 Å². The van der Waals surface area contributed by atoms with E-state index in [9.17, 15) is 23.9 Å². The van der Waals surface area contributed by atoms with E-state index in [4.69, 9.17) is 4.74 Å². The number of nitrogens with one attached hydrogen (secondary N) is 3. The van der Waals surface area contributed by atoms with Gasteiger partial charge in [0, 0.05) is 36.6 Å². The number of amides is 5. The molecule has 1 aliphatic heterocycles. The number of likely N-dealkylation sites (N-methyl/N-ethyl adjacent to an activating group) is 1. The number of para-hydroxylation sites is 1. The predicted molar refractivity (Wildman–Crippen MR) is 155 cm³/mol. The van der Waals surface area contributed by atoms with Gasteiger partial charge >= 0.3 is 12.1 Å². The first-order valence-electron chi connectivity index (χ1n) is 13.3. The van der Waals surface area contributed by atoms with Gasteiger partial charge in [-0.25, -0.2) is 14.0 Å². The number of halogens is 1. The van der Waals surface area contributed by atoms with E-state index in [0.29, 0.717) is 22.8 Å². The Kier molecular flexibility index (Phi) is 9.41. The fourth-order valence-electron chi connectivity index (χ4n) is 4.44. The van der Waals surface area contributed by atoms with Crippen molar-refractivity contribution < 1.29 is 28.6 Å². The van der Waals surface area contributed by atoms with Crippen LogP contribution >= 0.6 is 0 Å². The van der Waals surface area contributed by atoms with E-state index in [1.807, 2.05) is 13.0 Å². The van der Waals surface area contributed by atoms with Crippen LogP contribution in [0.1, 0.15) is 24.2 Å². The molecule has 1 heterocycles. The average Bonchev–Trinajstić information content (AvgIpc) is 2.96. The summed E-state index contributed by atoms with van der Waals surface area (Å²) in [6, 6.07) is 17.8. The van der Waals surface area contributed by atoms with Gasteiger partial charge in [-0.1, -0.05) is 25.1 Å². The summed E-state index contributed by atoms with van der Waals surface area (Å²) in [7, 11) is 1.62. The molecule has 5 amide bonds. The highest BCUT2D eigenvalue weighted by Gasteiger charge is 2.34. The van der Waals surface area contributed by atoms with Crippen LogP contribution < -0.4 is 20.7 Å². The monoisotopic (exact) mass is 563 g/mol. The molecule has 4 rings (SSSR count). The van der Waals surface area contributed by atoms with Crippen molar-refractivity contribution in [2.45, 2.75) is 26.0 Å². The van der Waals surface area contributed by atoms with Crippen molar-refractivity contribution in [1.82, 2.24) is 9.80 Å². The van der Waals surface area contributed by atoms with Crippen molar-refractivity contribution in [3.05, 3.63) is 84.2 Å². The van der Waals surface area contributed by atoms with Crippen LogP contribution in [0.5, 0.6) is 5.75 Å². The lowest BCUT2D eigenvalue weighted by molar-refractivity contribution is 0.0371. The van der Waals surface area contributed by atoms with Crippen molar-refractivity contribution in [1.29, 1.82) is 0 Å². The fraction of sp³-hybridized carbons (Fsp3) is 0.300. The second-order valence-corrected chi connectivity index (χ2v) is 10.1. The van der Waals surface area contributed by atoms with E-state index in [-0.39, 0.29) is 37.1 Å². The minimum Gasteiger partial charge on any atom is -0.487 e. The van der Waals surface area contributed by atoms with E-state index >= 15 is 0 Å². The van der Waals surface area contributed by atoms with Gasteiger partial charge in [-0.15, -0.1) is 0 Å². The summed E-state index contributed by atoms with van der Waals surface area (Å²) in [5.41, 5.74) is 1.66. The SMILES string of the molecule is C[C@@H]1CN([C@H](C)CO)C(=O)c2cc(NC(=O)Nc3ccccc3)ccc2O[C@@H]1CN(C)C(=O)Nc1ccc(F)cc1. The van der Waals surface area contributed by atoms with Gasteiger partial charge in [0.1, 0.15) is 17.7 Å². The highest BCUT2D eigenvalue weighted by atomic mass is 19.1. The number of aliphatic hydroxyl groups is 1. The zero-order valence-electron chi connectivity index (χ0n) is 23.1. The van der Waals surface area contributed by atoms with Crippen LogP contribution in [0, 0.1) is 11.7 Å². The van der Waals surface area contributed by atoms with Crippen LogP contribution in [-0.2, 0) is 0 Å². The summed E-state index contributed by atoms with van der Waals surface area (Å²) in [5, 5.41) is 18.1. The number of nitrogens with zero attached hydrogens (tertiary/aromatic N) is 2. The number of aliphatic hydroxyl groups excluding tert-OH is 1. The number of hydrogen-bond acceptors (Lipinski definition) is 5. The topological polar surface area (TPSA) is 123 Å². The molecule has 0 radical (unpaired) electrons. The standard InChI is InChI=1S/C30H34FN5O5/c1-19-16-36(20(2)18-37)28(38)25-15-24(33-29(39)32-22-7-5-4-6-8-22)13-14-26(25)41-27(19)17-35(3)30(40)34-23-11-9-21(31)10-12-23/h4-15,19-20,27,37H,16-18H2,1-3H3,(H,34,40)(H2,32,33,39)/t19-,20-,27-/m1/s1. The maximum atomic E-state index is 13.6. The number of benzene rings is 3. The first-order chi connectivity index (χ1) is 19.6. The molecule has 3 aromatic rings. The Hall–Kier alpha value is -4.64. The Balaban J connectivity index is 1.54. The quantitative estimate of drug-likeness (QED) is 0.327. The summed E-state index contributed by atoms with van der Waals surface area (Å²) < 4.78 is 19.6. The Morgan fingerprint density at radius 2 is 1.66 bits per heavy atom. The van der Waals surface area contributed by atoms with Gasteiger partial charge in [0.25, 0.3) is 5.91 Å². The molecule has 0 saturated heterocycles. The summed E-state index contributed by atoms with van der Waals surface area (Å²) >= 11 is 0. The molecule has 41 heavy (non-hydrogen) atoms. The molecule has 0 fully saturated rings. The molecule has 0 aromatic heterocycles. The van der Waals surface area contributed by atoms with Crippen LogP contribution in [0.4, 0.5) is 31.0 Å². The van der Waals surface area contributed by atoms with Gasteiger partial charge in [0.05, 0.1) is 24.8 Å². The molecule has 0 bridgehead atoms. The van der Waals surface area contributed by atoms with Gasteiger partial charge in [0.15, 0.2) is 0 Å². The Morgan fingerprint density at radius 1 is 1.02 bits per heavy atom. The largest absolute Gasteiger partial charge is 0.487 e. The molecule has 10 nitrogen and oxygen atoms in total. The Morgan fingerprint density at radius 3 is 2.34 bits per heavy atom. The van der Waals surface area contributed by atoms with Crippen molar-refractivity contribution in [2.24, 2.45) is 5.92 Å². The fourth-order valence-corrected chi connectivity index (χ4v) is 4.44. The van der Waals surface area contributed by atoms with Crippen LogP contribution in [0.25, 0.3) is 0 Å². The van der Waals surface area contributed by atoms with Crippen molar-refractivity contribution >= 4 is 35.0 Å². The zero-order chi connectivity index (χ0) is 29.5. The summed E-state index contributed by atoms with van der Waals surface area (Å²) in [6.45, 7) is 3.87. The third kappa shape index (κ3) is 7.52. The van der Waals surface area contributed by atoms with Crippen molar-refractivity contribution in [3.63, 3.8) is 0 Å². The number of carbonyl (C=O) groups excluding carboxylic acids is 3. The minimum atomic E-state index is -0.514. The molecule has 1 aliphatic rings. The molecule has 4 N–H and O–H groups in total. The minimum absolute atomic E-state index is 0.183. The van der Waals surface area contributed by atoms with Gasteiger partial charge in [-0.05, 0) is 61.5 Å². The lowest BCUT2D eigenvalue weighted by Gasteiger charge is -2.38. The van der Waals surface area contributed by atoms with Gasteiger partial charge in [-0.2, -0.15) is 0 Å². The maximum absolute atomic E-state index is 13.6. The number of fused-ring (bicyclic) bond motifs is 1. The summed E-state index contributed by atoms with van der Waals surface area (Å²) in [5.74, 6) is -0.667. The lowest BCUT2D eigenvalue weighted by atomic mass is 9.99. The lowest BCUT2D eigenvalue weighted by Crippen LogP contribution is -2.50. The third-order valence-electron chi connectivity index (χ3n) is 6.85. The maximum Gasteiger partial charge on any atom is 0.323 e. The van der Waals surface area contributed by atoms with E-state index < -0.39 is 30.0 Å². The van der Waals surface area contributed by atoms with Crippen LogP contribution in [0.3, 0.4) is 0 Å². The zero-order valence-corrected chi connectivity index (χ0v) is 23.1. The second kappa shape index (κ2) is 13.1. The Bertz CT molecular complexity index is 1370. The van der Waals surface area contributed by atoms with Gasteiger partial charge < -0.3 is 35.6 Å². The van der Waals surface area contributed by atoms with Crippen molar-refractivity contribution in [2.75, 3.05) is 42.7 Å². The average molecular weight is 564 g/mol. The van der Waals surface area contributed by atoms with Crippen LogP contribution in [0.2, 0.25) is 0 Å². The van der Waals surface area contributed by atoms with E-state index in [1.54, 1.807) is 55.3 Å². The molecule has 0 spiro atoms. The second-order valence-electron chi connectivity index (χ2n) is 10.1. The van der Waals surface area contributed by atoms with E-state index in [0.717, 1.165) is 0 Å². The highest BCUT2D eigenvalue weighted by molar-refractivity contribution is 6.02. The van der Waals surface area contributed by atoms with Crippen molar-refractivity contribution in [3.8, 4) is 5.75 Å². The number of hydrogen-bond donors (Lipinski definition) is 4. The van der Waals surface area contributed by atoms with Crippen LogP contribution in [-0.4, -0.2) is 71.8 Å². The molecule has 0 unspecified atom stereocenters. The molecule has 0 saturated carbocycles. The summed E-state index contributed by atoms with van der Waals surface area (Å²) in [6.07, 6.45) is -0.514. The summed E-state index contributed by atoms with van der Waals surface area (Å²) in [4.78, 5) is 42.1. The number of anilines is 3. The van der Waals surface area contributed by atoms with Crippen LogP contribution in [0.15, 0.2) is 72.8 Å². The third-order valence-corrected chi connectivity index (χ3v) is 6.85. The highest BCUT2D eigenvalue weighted by Crippen LogP contribution is 2.31. The van der Waals surface area contributed by atoms with Gasteiger partial charge in [0.2, 0.25) is 0 Å². The molecule has 0 aliphatic carbocycles. The normalized spacial score (nSPS) is 17.3. The number of ether oxygens (including phenoxy) is 1. The van der Waals surface area contributed by atoms with E-state index in [2.05, 4.69) is 16.0 Å². The predicted octanol–water partition coefficient (Wildman–Crippen LogP) is 4.85. The first-order valence-corrected chi connectivity index (χ1v) is 13.3. The number of carbonyl (C=O) groups is 3. The first kappa shape index (κ1) is 29.3. The number of rotatable bonds is 7. The molecule has 3 aromatic carbocycles. The van der Waals surface area contributed by atoms with E-state index in [1.165, 1.54) is 35.2 Å². The number of urea groups is 2. The van der Waals surface area contributed by atoms with Gasteiger partial charge in [-0.3, -0.25) is 4.79 Å². The molecule has 216 valence electrons. The molecule has 3 atom stereocenters. The molecular formula is C30H34FN5O5. The smallest absolute Gasteiger partial charge is 0.323 e. The molecular weight excluding hydrogens is 529 g/mol. The molecule has 11 heteroatoms.